The molecule has 210 valence electrons. The van der Waals surface area contributed by atoms with Crippen LogP contribution in [0.2, 0.25) is 0 Å². The quantitative estimate of drug-likeness (QED) is 0.310. The second-order valence-electron chi connectivity index (χ2n) is 11.4. The van der Waals surface area contributed by atoms with Crippen molar-refractivity contribution in [3.05, 3.63) is 124 Å². The maximum absolute atomic E-state index is 13.9. The number of carbonyl (C=O) groups excluding carboxylic acids is 2. The molecule has 3 aromatic rings. The number of allylic oxidation sites excluding steroid dienone is 3. The Balaban J connectivity index is 1.31. The molecule has 0 bridgehead atoms. The van der Waals surface area contributed by atoms with Gasteiger partial charge in [0.25, 0.3) is 0 Å². The van der Waals surface area contributed by atoms with Gasteiger partial charge in [-0.3, -0.25) is 4.79 Å². The summed E-state index contributed by atoms with van der Waals surface area (Å²) >= 11 is 0. The van der Waals surface area contributed by atoms with E-state index >= 15 is 0 Å². The van der Waals surface area contributed by atoms with Gasteiger partial charge in [0.15, 0.2) is 5.78 Å². The van der Waals surface area contributed by atoms with Crippen LogP contribution in [0.15, 0.2) is 107 Å². The summed E-state index contributed by atoms with van der Waals surface area (Å²) in [4.78, 5) is 27.7. The van der Waals surface area contributed by atoms with E-state index in [9.17, 15) is 9.59 Å². The maximum Gasteiger partial charge on any atom is 0.337 e. The summed E-state index contributed by atoms with van der Waals surface area (Å²) in [5, 5.41) is 3.48. The van der Waals surface area contributed by atoms with Gasteiger partial charge in [-0.1, -0.05) is 79.2 Å². The molecule has 0 aromatic heterocycles. The summed E-state index contributed by atoms with van der Waals surface area (Å²) in [6, 6.07) is 28.1. The molecular formula is C36H37NO4. The highest BCUT2D eigenvalue weighted by molar-refractivity contribution is 6.04. The van der Waals surface area contributed by atoms with E-state index in [1.165, 1.54) is 6.42 Å². The Hall–Kier alpha value is -4.12. The van der Waals surface area contributed by atoms with Crippen LogP contribution >= 0.6 is 0 Å². The SMILES string of the molecule is CC1=C(C(=O)OC2CCCCC2)[C@H](c2ccc(OCc3ccccc3)cc2)C2=C(C[C@@H](c3ccccc3)CC2=O)N1. The van der Waals surface area contributed by atoms with Gasteiger partial charge < -0.3 is 14.8 Å². The first-order valence-electron chi connectivity index (χ1n) is 14.8. The number of hydrogen-bond acceptors (Lipinski definition) is 5. The summed E-state index contributed by atoms with van der Waals surface area (Å²) in [5.74, 6) is 0.132. The standard InChI is InChI=1S/C36H37NO4/c1-24-33(36(39)41-30-15-9-4-10-16-30)34(27-17-19-29(20-18-27)40-23-25-11-5-2-6-12-25)35-31(37-24)21-28(22-32(35)38)26-13-7-3-8-14-26/h2-3,5-8,11-14,17-20,28,30,34,37H,4,9-10,15-16,21-23H2,1H3/t28-,34+/m1/s1. The lowest BCUT2D eigenvalue weighted by Gasteiger charge is -2.37. The number of benzene rings is 3. The van der Waals surface area contributed by atoms with E-state index in [2.05, 4.69) is 17.4 Å². The fraction of sp³-hybridized carbons (Fsp3) is 0.333. The molecule has 6 rings (SSSR count). The highest BCUT2D eigenvalue weighted by Crippen LogP contribution is 2.46. The zero-order valence-electron chi connectivity index (χ0n) is 23.6. The lowest BCUT2D eigenvalue weighted by Crippen LogP contribution is -2.37. The van der Waals surface area contributed by atoms with Crippen LogP contribution in [-0.4, -0.2) is 17.9 Å². The van der Waals surface area contributed by atoms with Crippen LogP contribution in [0, 0.1) is 0 Å². The van der Waals surface area contributed by atoms with Gasteiger partial charge in [0.1, 0.15) is 18.5 Å². The largest absolute Gasteiger partial charge is 0.489 e. The Morgan fingerprint density at radius 1 is 0.829 bits per heavy atom. The molecule has 0 spiro atoms. The number of esters is 1. The molecule has 3 aliphatic rings. The average Bonchev–Trinajstić information content (AvgIpc) is 3.01. The molecule has 41 heavy (non-hydrogen) atoms. The lowest BCUT2D eigenvalue weighted by molar-refractivity contribution is -0.146. The first-order chi connectivity index (χ1) is 20.1. The normalized spacial score (nSPS) is 21.2. The first-order valence-corrected chi connectivity index (χ1v) is 14.8. The Kier molecular flexibility index (Phi) is 8.04. The van der Waals surface area contributed by atoms with E-state index in [1.807, 2.05) is 79.7 Å². The van der Waals surface area contributed by atoms with Crippen LogP contribution in [0.3, 0.4) is 0 Å². The van der Waals surface area contributed by atoms with Crippen molar-refractivity contribution in [2.45, 2.75) is 76.4 Å². The van der Waals surface area contributed by atoms with Gasteiger partial charge >= 0.3 is 5.97 Å². The van der Waals surface area contributed by atoms with Crippen molar-refractivity contribution in [1.29, 1.82) is 0 Å². The van der Waals surface area contributed by atoms with Crippen LogP contribution in [0.1, 0.15) is 80.4 Å². The number of hydrogen-bond donors (Lipinski definition) is 1. The van der Waals surface area contributed by atoms with Gasteiger partial charge in [-0.05, 0) is 73.8 Å². The fourth-order valence-electron chi connectivity index (χ4n) is 6.50. The van der Waals surface area contributed by atoms with Gasteiger partial charge in [-0.25, -0.2) is 4.79 Å². The molecule has 0 unspecified atom stereocenters. The highest BCUT2D eigenvalue weighted by atomic mass is 16.5. The number of nitrogens with one attached hydrogen (secondary N) is 1. The molecule has 1 heterocycles. The average molecular weight is 548 g/mol. The number of Topliss-reactive ketones (excluding diaryl/α,β-unsaturated/α-hetero) is 1. The van der Waals surface area contributed by atoms with E-state index in [-0.39, 0.29) is 23.8 Å². The predicted molar refractivity (Wildman–Crippen MR) is 159 cm³/mol. The number of rotatable bonds is 7. The molecule has 1 saturated carbocycles. The molecule has 1 N–H and O–H groups in total. The van der Waals surface area contributed by atoms with Gasteiger partial charge in [-0.15, -0.1) is 0 Å². The molecule has 2 atom stereocenters. The van der Waals surface area contributed by atoms with Crippen LogP contribution < -0.4 is 10.1 Å². The van der Waals surface area contributed by atoms with E-state index in [1.54, 1.807) is 0 Å². The zero-order valence-corrected chi connectivity index (χ0v) is 23.6. The third-order valence-corrected chi connectivity index (χ3v) is 8.61. The lowest BCUT2D eigenvalue weighted by atomic mass is 9.71. The summed E-state index contributed by atoms with van der Waals surface area (Å²) in [6.45, 7) is 2.41. The molecule has 5 heteroatoms. The van der Waals surface area contributed by atoms with E-state index in [4.69, 9.17) is 9.47 Å². The number of carbonyl (C=O) groups is 2. The third kappa shape index (κ3) is 6.00. The van der Waals surface area contributed by atoms with Gasteiger partial charge in [0.05, 0.1) is 5.57 Å². The van der Waals surface area contributed by atoms with Crippen molar-refractivity contribution < 1.29 is 19.1 Å². The van der Waals surface area contributed by atoms with Crippen LogP contribution in [0.5, 0.6) is 5.75 Å². The van der Waals surface area contributed by atoms with E-state index < -0.39 is 5.92 Å². The predicted octanol–water partition coefficient (Wildman–Crippen LogP) is 7.50. The van der Waals surface area contributed by atoms with Crippen LogP contribution in [0.4, 0.5) is 0 Å². The van der Waals surface area contributed by atoms with Crippen molar-refractivity contribution in [2.75, 3.05) is 0 Å². The van der Waals surface area contributed by atoms with Crippen molar-refractivity contribution in [3.63, 3.8) is 0 Å². The molecule has 0 amide bonds. The summed E-state index contributed by atoms with van der Waals surface area (Å²) < 4.78 is 12.1. The highest BCUT2D eigenvalue weighted by Gasteiger charge is 2.42. The smallest absolute Gasteiger partial charge is 0.337 e. The molecular weight excluding hydrogens is 510 g/mol. The van der Waals surface area contributed by atoms with E-state index in [0.717, 1.165) is 65.9 Å². The van der Waals surface area contributed by atoms with Gasteiger partial charge in [-0.2, -0.15) is 0 Å². The van der Waals surface area contributed by atoms with Crippen LogP contribution in [0.25, 0.3) is 0 Å². The summed E-state index contributed by atoms with van der Waals surface area (Å²) in [6.07, 6.45) is 6.22. The second kappa shape index (κ2) is 12.2. The minimum Gasteiger partial charge on any atom is -0.489 e. The number of dihydropyridines is 1. The molecule has 2 aliphatic carbocycles. The molecule has 3 aromatic carbocycles. The maximum atomic E-state index is 13.9. The van der Waals surface area contributed by atoms with Crippen LogP contribution in [-0.2, 0) is 20.9 Å². The second-order valence-corrected chi connectivity index (χ2v) is 11.4. The number of ketones is 1. The van der Waals surface area contributed by atoms with Crippen molar-refractivity contribution in [2.24, 2.45) is 0 Å². The Bertz CT molecular complexity index is 1450. The topological polar surface area (TPSA) is 64.6 Å². The van der Waals surface area contributed by atoms with Gasteiger partial charge in [0.2, 0.25) is 0 Å². The first kappa shape index (κ1) is 27.1. The monoisotopic (exact) mass is 547 g/mol. The molecule has 1 fully saturated rings. The molecule has 0 radical (unpaired) electrons. The zero-order chi connectivity index (χ0) is 28.2. The fourth-order valence-corrected chi connectivity index (χ4v) is 6.50. The number of ether oxygens (including phenoxy) is 2. The molecule has 5 nitrogen and oxygen atoms in total. The third-order valence-electron chi connectivity index (χ3n) is 8.61. The van der Waals surface area contributed by atoms with Crippen molar-refractivity contribution in [3.8, 4) is 5.75 Å². The van der Waals surface area contributed by atoms with E-state index in [0.29, 0.717) is 24.2 Å². The van der Waals surface area contributed by atoms with Crippen molar-refractivity contribution in [1.82, 2.24) is 5.32 Å². The minimum atomic E-state index is -0.477. The van der Waals surface area contributed by atoms with Gasteiger partial charge in [0, 0.05) is 29.3 Å². The Morgan fingerprint density at radius 2 is 1.51 bits per heavy atom. The summed E-state index contributed by atoms with van der Waals surface area (Å²) in [7, 11) is 0. The van der Waals surface area contributed by atoms with Crippen molar-refractivity contribution >= 4 is 11.8 Å². The Morgan fingerprint density at radius 3 is 2.22 bits per heavy atom. The summed E-state index contributed by atoms with van der Waals surface area (Å²) in [5.41, 5.74) is 6.06. The minimum absolute atomic E-state index is 0.0640. The molecule has 0 saturated heterocycles. The Labute approximate surface area is 242 Å². The molecule has 1 aliphatic heterocycles.